The molecule has 0 atom stereocenters. The van der Waals surface area contributed by atoms with E-state index < -0.39 is 15.2 Å². The summed E-state index contributed by atoms with van der Waals surface area (Å²) in [5, 5.41) is 1.45. The second kappa shape index (κ2) is 9.96. The van der Waals surface area contributed by atoms with Gasteiger partial charge in [-0.25, -0.2) is 0 Å². The van der Waals surface area contributed by atoms with E-state index >= 15 is 0 Å². The molecule has 0 aromatic heterocycles. The van der Waals surface area contributed by atoms with Crippen molar-refractivity contribution < 1.29 is 0 Å². The summed E-state index contributed by atoms with van der Waals surface area (Å²) in [6, 6.07) is 14.5. The van der Waals surface area contributed by atoms with Crippen molar-refractivity contribution in [2.24, 2.45) is 5.92 Å². The fourth-order valence-corrected chi connectivity index (χ4v) is 42.4. The average molecular weight is 487 g/mol. The van der Waals surface area contributed by atoms with Gasteiger partial charge in [0.15, 0.2) is 0 Å². The fraction of sp³-hybridized carbons (Fsp3) is 0.806. The van der Waals surface area contributed by atoms with Crippen LogP contribution < -0.4 is 0 Å². The molecule has 190 valence electrons. The van der Waals surface area contributed by atoms with Gasteiger partial charge in [-0.05, 0) is 32.1 Å². The monoisotopic (exact) mass is 486 g/mol. The van der Waals surface area contributed by atoms with Crippen LogP contribution in [0.1, 0.15) is 127 Å². The van der Waals surface area contributed by atoms with Gasteiger partial charge in [0.05, 0.1) is 15.2 Å². The van der Waals surface area contributed by atoms with Gasteiger partial charge in [-0.1, -0.05) is 164 Å². The van der Waals surface area contributed by atoms with Gasteiger partial charge in [0.1, 0.15) is 0 Å². The highest BCUT2D eigenvalue weighted by molar-refractivity contribution is 7.46. The maximum atomic E-state index is 2.66. The van der Waals surface area contributed by atoms with Crippen molar-refractivity contribution in [2.45, 2.75) is 154 Å². The summed E-state index contributed by atoms with van der Waals surface area (Å²) in [4.78, 5) is 0. The van der Waals surface area contributed by atoms with E-state index in [1.54, 1.807) is 5.56 Å². The summed E-state index contributed by atoms with van der Waals surface area (Å²) in [6.07, 6.45) is 8.85. The maximum absolute atomic E-state index is 2.66. The fourth-order valence-electron chi connectivity index (χ4n) is 9.25. The molecule has 0 nitrogen and oxygen atoms in total. The third kappa shape index (κ3) is 5.42. The van der Waals surface area contributed by atoms with Crippen molar-refractivity contribution >= 4 is 15.2 Å². The van der Waals surface area contributed by atoms with Crippen LogP contribution in [0.4, 0.5) is 0 Å². The highest BCUT2D eigenvalue weighted by Gasteiger charge is 2.72. The molecule has 0 spiro atoms. The largest absolute Gasteiger partial charge is 0.0637 e. The Hall–Kier alpha value is -0.346. The topological polar surface area (TPSA) is 0 Å². The lowest BCUT2D eigenvalue weighted by molar-refractivity contribution is 0.346. The maximum Gasteiger partial charge on any atom is 0.0637 e. The van der Waals surface area contributed by atoms with Crippen molar-refractivity contribution in [1.82, 2.24) is 0 Å². The van der Waals surface area contributed by atoms with Gasteiger partial charge in [-0.2, -0.15) is 0 Å². The van der Waals surface area contributed by atoms with Crippen molar-refractivity contribution in [3.8, 4) is 0 Å². The molecule has 1 saturated carbocycles. The van der Waals surface area contributed by atoms with E-state index in [4.69, 9.17) is 0 Å². The van der Waals surface area contributed by atoms with E-state index in [2.05, 4.69) is 113 Å². The molecule has 0 N–H and O–H groups in total. The van der Waals surface area contributed by atoms with Crippen LogP contribution in [0, 0.1) is 5.92 Å². The van der Waals surface area contributed by atoms with E-state index in [0.717, 1.165) is 5.92 Å². The van der Waals surface area contributed by atoms with Crippen molar-refractivity contribution in [1.29, 1.82) is 0 Å². The lowest BCUT2D eigenvalue weighted by Crippen LogP contribution is -2.79. The second-order valence-electron chi connectivity index (χ2n) is 15.5. The zero-order valence-electron chi connectivity index (χ0n) is 24.6. The summed E-state index contributed by atoms with van der Waals surface area (Å²) in [5.74, 6) is 0.971. The van der Waals surface area contributed by atoms with Crippen LogP contribution in [0.5, 0.6) is 0 Å². The van der Waals surface area contributed by atoms with Gasteiger partial charge in [0.2, 0.25) is 0 Å². The van der Waals surface area contributed by atoms with Gasteiger partial charge in [-0.3, -0.25) is 0 Å². The number of hydrogen-bond acceptors (Lipinski definition) is 0. The smallest absolute Gasteiger partial charge is 0.0627 e. The van der Waals surface area contributed by atoms with Crippen molar-refractivity contribution in [3.63, 3.8) is 0 Å². The first-order valence-electron chi connectivity index (χ1n) is 13.9. The summed E-state index contributed by atoms with van der Waals surface area (Å²) < 4.78 is 0. The minimum Gasteiger partial charge on any atom is -0.0627 e. The Morgan fingerprint density at radius 2 is 1.03 bits per heavy atom. The summed E-state index contributed by atoms with van der Waals surface area (Å²) in [5.41, 5.74) is 1.59. The molecule has 0 heterocycles. The van der Waals surface area contributed by atoms with Crippen LogP contribution in [0.3, 0.4) is 0 Å². The van der Waals surface area contributed by atoms with Gasteiger partial charge in [0.25, 0.3) is 0 Å². The van der Waals surface area contributed by atoms with Gasteiger partial charge in [-0.15, -0.1) is 0 Å². The Bertz CT molecular complexity index is 700. The molecule has 0 bridgehead atoms. The zero-order chi connectivity index (χ0) is 25.3. The highest BCUT2D eigenvalue weighted by Crippen LogP contribution is 2.69. The van der Waals surface area contributed by atoms with Crippen molar-refractivity contribution in [2.75, 3.05) is 0 Å². The van der Waals surface area contributed by atoms with E-state index in [9.17, 15) is 0 Å². The molecule has 2 rings (SSSR count). The van der Waals surface area contributed by atoms with Crippen LogP contribution in [0.25, 0.3) is 0 Å². The molecule has 33 heavy (non-hydrogen) atoms. The van der Waals surface area contributed by atoms with Gasteiger partial charge in [0, 0.05) is 0 Å². The molecule has 0 radical (unpaired) electrons. The Morgan fingerprint density at radius 3 is 1.42 bits per heavy atom. The molecule has 0 saturated heterocycles. The van der Waals surface area contributed by atoms with Crippen LogP contribution in [-0.4, -0.2) is 15.2 Å². The number of rotatable bonds is 6. The lowest BCUT2D eigenvalue weighted by Gasteiger charge is -2.70. The molecule has 1 aromatic rings. The van der Waals surface area contributed by atoms with E-state index in [0.29, 0.717) is 20.2 Å². The molecule has 0 unspecified atom stereocenters. The quantitative estimate of drug-likeness (QED) is 0.351. The van der Waals surface area contributed by atoms with E-state index in [1.165, 1.54) is 50.6 Å². The molecule has 0 amide bonds. The normalized spacial score (nSPS) is 17.9. The first-order chi connectivity index (χ1) is 14.9. The van der Waals surface area contributed by atoms with Crippen LogP contribution in [0.2, 0.25) is 26.2 Å². The Balaban J connectivity index is 2.85. The third-order valence-corrected chi connectivity index (χ3v) is 38.1. The van der Waals surface area contributed by atoms with E-state index in [1.807, 2.05) is 0 Å². The Kier molecular flexibility index (Phi) is 8.72. The number of hydrogen-bond donors (Lipinski definition) is 0. The number of benzene rings is 1. The Labute approximate surface area is 210 Å². The minimum absolute atomic E-state index is 0.348. The van der Waals surface area contributed by atoms with E-state index in [-0.39, 0.29) is 0 Å². The highest BCUT2D eigenvalue weighted by atomic mass is 29.3. The molecule has 1 aliphatic carbocycles. The molecular weight excluding hydrogens is 429 g/mol. The second-order valence-corrected chi connectivity index (χ2v) is 31.1. The predicted octanol–water partition coefficient (Wildman–Crippen LogP) is 10.9. The molecule has 2 heteroatoms. The van der Waals surface area contributed by atoms with Crippen LogP contribution in [-0.2, 0) is 6.04 Å². The van der Waals surface area contributed by atoms with Crippen LogP contribution in [0.15, 0.2) is 30.3 Å². The lowest BCUT2D eigenvalue weighted by atomic mass is 9.87. The van der Waals surface area contributed by atoms with Gasteiger partial charge < -0.3 is 0 Å². The SMILES string of the molecule is CC(C)(C)[Si](CCC1CCCCC1)(C(C)(C)C)[Si](Cc1ccccc1)(C(C)(C)C)C(C)(C)C. The molecular formula is C31H58Si2. The zero-order valence-corrected chi connectivity index (χ0v) is 26.6. The third-order valence-electron chi connectivity index (χ3n) is 9.81. The predicted molar refractivity (Wildman–Crippen MR) is 157 cm³/mol. The first-order valence-corrected chi connectivity index (χ1v) is 19.4. The molecule has 1 fully saturated rings. The average Bonchev–Trinajstić information content (AvgIpc) is 2.65. The Morgan fingerprint density at radius 1 is 0.606 bits per heavy atom. The van der Waals surface area contributed by atoms with Crippen LogP contribution >= 0.6 is 0 Å². The standard InChI is InChI=1S/C31H58Si2/c1-28(2,3)32(29(4,5)6,24-23-26-19-15-13-16-20-26)33(30(7,8)9,31(10,11)12)25-27-21-17-14-18-22-27/h14,17-18,21-22,26H,13,15-16,19-20,23-25H2,1-12H3. The summed E-state index contributed by atoms with van der Waals surface area (Å²) in [7, 11) is -3.81. The first kappa shape index (κ1) is 28.9. The minimum atomic E-state index is -1.94. The van der Waals surface area contributed by atoms with Crippen molar-refractivity contribution in [3.05, 3.63) is 35.9 Å². The molecule has 1 aliphatic rings. The summed E-state index contributed by atoms with van der Waals surface area (Å²) in [6.45, 7) is 31.9. The van der Waals surface area contributed by atoms with Gasteiger partial charge >= 0.3 is 0 Å². The summed E-state index contributed by atoms with van der Waals surface area (Å²) >= 11 is 0. The molecule has 1 aromatic carbocycles. The molecule has 0 aliphatic heterocycles.